The molecule has 0 aromatic heterocycles. The number of hydrogen-bond donors (Lipinski definition) is 1. The lowest BCUT2D eigenvalue weighted by atomic mass is 10.2. The molecule has 0 aliphatic rings. The molecule has 0 spiro atoms. The number of rotatable bonds is 6. The quantitative estimate of drug-likeness (QED) is 0.829. The number of halogens is 1. The van der Waals surface area contributed by atoms with Crippen molar-refractivity contribution < 1.29 is 9.53 Å². The maximum Gasteiger partial charge on any atom is 0.251 e. The summed E-state index contributed by atoms with van der Waals surface area (Å²) in [5, 5.41) is 3.42. The molecule has 104 valence electrons. The molecule has 0 atom stereocenters. The van der Waals surface area contributed by atoms with Gasteiger partial charge >= 0.3 is 0 Å². The monoisotopic (exact) mass is 289 g/mol. The van der Waals surface area contributed by atoms with Crippen LogP contribution in [-0.2, 0) is 11.3 Å². The van der Waals surface area contributed by atoms with Gasteiger partial charge in [0.1, 0.15) is 0 Å². The van der Waals surface area contributed by atoms with E-state index in [1.165, 1.54) is 0 Å². The highest BCUT2D eigenvalue weighted by atomic mass is 35.5. The number of nitrogens with one attached hydrogen (secondary N) is 1. The van der Waals surface area contributed by atoms with Crippen LogP contribution in [0.15, 0.2) is 54.6 Å². The van der Waals surface area contributed by atoms with E-state index in [0.29, 0.717) is 30.3 Å². The zero-order valence-electron chi connectivity index (χ0n) is 11.0. The normalized spacial score (nSPS) is 10.2. The summed E-state index contributed by atoms with van der Waals surface area (Å²) in [6.45, 7) is 1.51. The number of carbonyl (C=O) groups excluding carboxylic acids is 1. The molecule has 20 heavy (non-hydrogen) atoms. The largest absolute Gasteiger partial charge is 0.375 e. The summed E-state index contributed by atoms with van der Waals surface area (Å²) >= 11 is 5.77. The Hall–Kier alpha value is -1.84. The standard InChI is InChI=1S/C16H16ClNO2/c17-15-8-6-14(7-9-15)16(19)18-10-11-20-12-13-4-2-1-3-5-13/h1-9H,10-12H2,(H,18,19). The Bertz CT molecular complexity index is 540. The summed E-state index contributed by atoms with van der Waals surface area (Å²) < 4.78 is 5.49. The molecule has 0 bridgehead atoms. The first-order valence-corrected chi connectivity index (χ1v) is 6.79. The molecule has 2 aromatic carbocycles. The molecular weight excluding hydrogens is 274 g/mol. The van der Waals surface area contributed by atoms with Gasteiger partial charge in [-0.2, -0.15) is 0 Å². The highest BCUT2D eigenvalue weighted by Gasteiger charge is 2.03. The van der Waals surface area contributed by atoms with Crippen molar-refractivity contribution in [2.75, 3.05) is 13.2 Å². The van der Waals surface area contributed by atoms with Crippen LogP contribution in [0.2, 0.25) is 5.02 Å². The average molecular weight is 290 g/mol. The predicted octanol–water partition coefficient (Wildman–Crippen LogP) is 3.29. The van der Waals surface area contributed by atoms with Crippen LogP contribution in [0.4, 0.5) is 0 Å². The first-order chi connectivity index (χ1) is 9.75. The third-order valence-electron chi connectivity index (χ3n) is 2.75. The van der Waals surface area contributed by atoms with Crippen molar-refractivity contribution in [3.05, 3.63) is 70.7 Å². The first kappa shape index (κ1) is 14.6. The maximum absolute atomic E-state index is 11.8. The smallest absolute Gasteiger partial charge is 0.251 e. The molecule has 1 N–H and O–H groups in total. The number of ether oxygens (including phenoxy) is 1. The second-order valence-electron chi connectivity index (χ2n) is 4.30. The van der Waals surface area contributed by atoms with Crippen LogP contribution in [0, 0.1) is 0 Å². The molecule has 0 aliphatic heterocycles. The number of benzene rings is 2. The van der Waals surface area contributed by atoms with E-state index in [2.05, 4.69) is 5.32 Å². The highest BCUT2D eigenvalue weighted by Crippen LogP contribution is 2.09. The lowest BCUT2D eigenvalue weighted by Crippen LogP contribution is -2.27. The second kappa shape index (κ2) is 7.68. The van der Waals surface area contributed by atoms with Crippen LogP contribution < -0.4 is 5.32 Å². The zero-order valence-corrected chi connectivity index (χ0v) is 11.8. The van der Waals surface area contributed by atoms with Crippen LogP contribution >= 0.6 is 11.6 Å². The topological polar surface area (TPSA) is 38.3 Å². The minimum absolute atomic E-state index is 0.120. The van der Waals surface area contributed by atoms with E-state index >= 15 is 0 Å². The third kappa shape index (κ3) is 4.68. The van der Waals surface area contributed by atoms with Crippen molar-refractivity contribution in [1.29, 1.82) is 0 Å². The van der Waals surface area contributed by atoms with Crippen molar-refractivity contribution in [1.82, 2.24) is 5.32 Å². The fourth-order valence-corrected chi connectivity index (χ4v) is 1.83. The Morgan fingerprint density at radius 3 is 2.45 bits per heavy atom. The molecule has 3 nitrogen and oxygen atoms in total. The highest BCUT2D eigenvalue weighted by molar-refractivity contribution is 6.30. The second-order valence-corrected chi connectivity index (χ2v) is 4.74. The minimum Gasteiger partial charge on any atom is -0.375 e. The van der Waals surface area contributed by atoms with E-state index in [1.54, 1.807) is 24.3 Å². The van der Waals surface area contributed by atoms with E-state index in [0.717, 1.165) is 5.56 Å². The Balaban J connectivity index is 1.66. The molecule has 0 heterocycles. The van der Waals surface area contributed by atoms with Crippen molar-refractivity contribution in [3.8, 4) is 0 Å². The van der Waals surface area contributed by atoms with Gasteiger partial charge in [0.2, 0.25) is 0 Å². The van der Waals surface area contributed by atoms with Gasteiger partial charge in [-0.25, -0.2) is 0 Å². The van der Waals surface area contributed by atoms with Crippen molar-refractivity contribution in [3.63, 3.8) is 0 Å². The van der Waals surface area contributed by atoms with Gasteiger partial charge in [0.15, 0.2) is 0 Å². The average Bonchev–Trinajstić information content (AvgIpc) is 2.48. The van der Waals surface area contributed by atoms with Crippen LogP contribution in [0.3, 0.4) is 0 Å². The van der Waals surface area contributed by atoms with Gasteiger partial charge in [-0.15, -0.1) is 0 Å². The molecule has 4 heteroatoms. The van der Waals surface area contributed by atoms with Gasteiger partial charge in [0.05, 0.1) is 13.2 Å². The number of carbonyl (C=O) groups is 1. The van der Waals surface area contributed by atoms with Crippen LogP contribution in [0.25, 0.3) is 0 Å². The van der Waals surface area contributed by atoms with Crippen LogP contribution in [0.5, 0.6) is 0 Å². The molecular formula is C16H16ClNO2. The van der Waals surface area contributed by atoms with E-state index in [-0.39, 0.29) is 5.91 Å². The SMILES string of the molecule is O=C(NCCOCc1ccccc1)c1ccc(Cl)cc1. The molecule has 0 saturated heterocycles. The van der Waals surface area contributed by atoms with Crippen molar-refractivity contribution in [2.24, 2.45) is 0 Å². The summed E-state index contributed by atoms with van der Waals surface area (Å²) in [5.41, 5.74) is 1.72. The van der Waals surface area contributed by atoms with Crippen molar-refractivity contribution >= 4 is 17.5 Å². The summed E-state index contributed by atoms with van der Waals surface area (Å²) in [5.74, 6) is -0.120. The number of hydrogen-bond acceptors (Lipinski definition) is 2. The fraction of sp³-hybridized carbons (Fsp3) is 0.188. The molecule has 2 aromatic rings. The van der Waals surface area contributed by atoms with Gasteiger partial charge in [0.25, 0.3) is 5.91 Å². The lowest BCUT2D eigenvalue weighted by molar-refractivity contribution is 0.0901. The number of amides is 1. The van der Waals surface area contributed by atoms with E-state index in [4.69, 9.17) is 16.3 Å². The summed E-state index contributed by atoms with van der Waals surface area (Å²) in [7, 11) is 0. The summed E-state index contributed by atoms with van der Waals surface area (Å²) in [6.07, 6.45) is 0. The lowest BCUT2D eigenvalue weighted by Gasteiger charge is -2.06. The Morgan fingerprint density at radius 2 is 1.75 bits per heavy atom. The van der Waals surface area contributed by atoms with Gasteiger partial charge in [-0.1, -0.05) is 41.9 Å². The summed E-state index contributed by atoms with van der Waals surface area (Å²) in [4.78, 5) is 11.8. The van der Waals surface area contributed by atoms with Crippen molar-refractivity contribution in [2.45, 2.75) is 6.61 Å². The Morgan fingerprint density at radius 1 is 1.05 bits per heavy atom. The molecule has 0 fully saturated rings. The molecule has 1 amide bonds. The third-order valence-corrected chi connectivity index (χ3v) is 3.00. The predicted molar refractivity (Wildman–Crippen MR) is 79.9 cm³/mol. The van der Waals surface area contributed by atoms with E-state index < -0.39 is 0 Å². The molecule has 2 rings (SSSR count). The Kier molecular flexibility index (Phi) is 5.59. The van der Waals surface area contributed by atoms with Gasteiger partial charge in [-0.05, 0) is 29.8 Å². The molecule has 0 saturated carbocycles. The van der Waals surface area contributed by atoms with Gasteiger partial charge in [-0.3, -0.25) is 4.79 Å². The minimum atomic E-state index is -0.120. The van der Waals surface area contributed by atoms with Crippen LogP contribution in [-0.4, -0.2) is 19.1 Å². The van der Waals surface area contributed by atoms with E-state index in [1.807, 2.05) is 30.3 Å². The van der Waals surface area contributed by atoms with Crippen LogP contribution in [0.1, 0.15) is 15.9 Å². The summed E-state index contributed by atoms with van der Waals surface area (Å²) in [6, 6.07) is 16.7. The maximum atomic E-state index is 11.8. The van der Waals surface area contributed by atoms with E-state index in [9.17, 15) is 4.79 Å². The Labute approximate surface area is 123 Å². The van der Waals surface area contributed by atoms with Gasteiger partial charge in [0, 0.05) is 17.1 Å². The molecule has 0 radical (unpaired) electrons. The zero-order chi connectivity index (χ0) is 14.2. The van der Waals surface area contributed by atoms with Gasteiger partial charge < -0.3 is 10.1 Å². The molecule has 0 unspecified atom stereocenters. The first-order valence-electron chi connectivity index (χ1n) is 6.41. The molecule has 0 aliphatic carbocycles. The fourth-order valence-electron chi connectivity index (χ4n) is 1.70.